The highest BCUT2D eigenvalue weighted by Gasteiger charge is 2.16. The van der Waals surface area contributed by atoms with Gasteiger partial charge in [0.2, 0.25) is 5.75 Å². The van der Waals surface area contributed by atoms with Crippen molar-refractivity contribution in [2.75, 3.05) is 34.5 Å². The lowest BCUT2D eigenvalue weighted by Gasteiger charge is -2.18. The summed E-state index contributed by atoms with van der Waals surface area (Å²) in [4.78, 5) is 12.5. The van der Waals surface area contributed by atoms with Gasteiger partial charge in [-0.15, -0.1) is 0 Å². The van der Waals surface area contributed by atoms with Crippen LogP contribution in [0.1, 0.15) is 15.9 Å². The molecule has 6 nitrogen and oxygen atoms in total. The van der Waals surface area contributed by atoms with Gasteiger partial charge in [-0.2, -0.15) is 0 Å². The van der Waals surface area contributed by atoms with Gasteiger partial charge in [-0.3, -0.25) is 4.79 Å². The van der Waals surface area contributed by atoms with Crippen LogP contribution in [0.2, 0.25) is 0 Å². The Kier molecular flexibility index (Phi) is 5.31. The molecule has 0 bridgehead atoms. The molecule has 0 unspecified atom stereocenters. The first kappa shape index (κ1) is 17.7. The fourth-order valence-electron chi connectivity index (χ4n) is 2.71. The Labute approximate surface area is 151 Å². The predicted molar refractivity (Wildman–Crippen MR) is 96.9 cm³/mol. The van der Waals surface area contributed by atoms with E-state index in [-0.39, 0.29) is 5.78 Å². The van der Waals surface area contributed by atoms with Crippen molar-refractivity contribution < 1.29 is 28.5 Å². The number of carbonyl (C=O) groups excluding carboxylic acids is 1. The molecule has 3 rings (SSSR count). The van der Waals surface area contributed by atoms with Gasteiger partial charge in [0.15, 0.2) is 28.8 Å². The number of hydrogen-bond acceptors (Lipinski definition) is 6. The first-order valence-corrected chi connectivity index (χ1v) is 8.09. The number of fused-ring (bicyclic) bond motifs is 1. The van der Waals surface area contributed by atoms with Crippen molar-refractivity contribution >= 4 is 11.9 Å². The highest BCUT2D eigenvalue weighted by molar-refractivity contribution is 6.07. The molecule has 0 amide bonds. The molecule has 1 aliphatic heterocycles. The number of ketones is 1. The molecule has 2 aromatic carbocycles. The van der Waals surface area contributed by atoms with E-state index >= 15 is 0 Å². The van der Waals surface area contributed by atoms with Gasteiger partial charge >= 0.3 is 0 Å². The Hall–Kier alpha value is -3.15. The van der Waals surface area contributed by atoms with Gasteiger partial charge in [-0.1, -0.05) is 0 Å². The lowest BCUT2D eigenvalue weighted by molar-refractivity contribution is 0.104. The van der Waals surface area contributed by atoms with Crippen molar-refractivity contribution in [3.05, 3.63) is 47.5 Å². The van der Waals surface area contributed by atoms with Gasteiger partial charge in [0.1, 0.15) is 13.2 Å². The topological polar surface area (TPSA) is 63.2 Å². The molecule has 0 atom stereocenters. The molecule has 1 heterocycles. The minimum absolute atomic E-state index is 0.154. The van der Waals surface area contributed by atoms with Crippen molar-refractivity contribution in [3.8, 4) is 28.7 Å². The van der Waals surface area contributed by atoms with Gasteiger partial charge < -0.3 is 23.7 Å². The summed E-state index contributed by atoms with van der Waals surface area (Å²) < 4.78 is 27.0. The highest BCUT2D eigenvalue weighted by atomic mass is 16.6. The zero-order valence-electron chi connectivity index (χ0n) is 14.9. The van der Waals surface area contributed by atoms with Crippen LogP contribution < -0.4 is 23.7 Å². The van der Waals surface area contributed by atoms with Crippen LogP contribution in [0, 0.1) is 0 Å². The molecule has 0 N–H and O–H groups in total. The molecule has 6 heteroatoms. The number of benzene rings is 2. The second kappa shape index (κ2) is 7.82. The Morgan fingerprint density at radius 3 is 2.35 bits per heavy atom. The quantitative estimate of drug-likeness (QED) is 0.584. The number of methoxy groups -OCH3 is 3. The summed E-state index contributed by atoms with van der Waals surface area (Å²) in [5.74, 6) is 2.61. The van der Waals surface area contributed by atoms with Crippen LogP contribution >= 0.6 is 0 Å². The zero-order valence-corrected chi connectivity index (χ0v) is 14.9. The first-order chi connectivity index (χ1) is 12.7. The fourth-order valence-corrected chi connectivity index (χ4v) is 2.71. The Morgan fingerprint density at radius 1 is 0.923 bits per heavy atom. The summed E-state index contributed by atoms with van der Waals surface area (Å²) in [6, 6.07) is 8.70. The van der Waals surface area contributed by atoms with Gasteiger partial charge in [0, 0.05) is 11.1 Å². The van der Waals surface area contributed by atoms with E-state index in [1.807, 2.05) is 0 Å². The third kappa shape index (κ3) is 3.44. The lowest BCUT2D eigenvalue weighted by atomic mass is 10.1. The highest BCUT2D eigenvalue weighted by Crippen LogP contribution is 2.40. The van der Waals surface area contributed by atoms with E-state index in [0.717, 1.165) is 0 Å². The van der Waals surface area contributed by atoms with E-state index < -0.39 is 0 Å². The molecule has 0 saturated carbocycles. The van der Waals surface area contributed by atoms with Gasteiger partial charge in [0.05, 0.1) is 21.3 Å². The van der Waals surface area contributed by atoms with E-state index in [4.69, 9.17) is 23.7 Å². The second-order valence-electron chi connectivity index (χ2n) is 5.48. The first-order valence-electron chi connectivity index (χ1n) is 8.09. The molecule has 0 fully saturated rings. The fraction of sp³-hybridized carbons (Fsp3) is 0.250. The maximum Gasteiger partial charge on any atom is 0.203 e. The van der Waals surface area contributed by atoms with E-state index in [1.165, 1.54) is 20.3 Å². The van der Waals surface area contributed by atoms with Crippen molar-refractivity contribution in [2.24, 2.45) is 0 Å². The maximum absolute atomic E-state index is 12.5. The van der Waals surface area contributed by atoms with Crippen LogP contribution in [0.4, 0.5) is 0 Å². The van der Waals surface area contributed by atoms with E-state index in [1.54, 1.807) is 43.5 Å². The van der Waals surface area contributed by atoms with Gasteiger partial charge in [-0.25, -0.2) is 0 Å². The van der Waals surface area contributed by atoms with Crippen LogP contribution in [0.5, 0.6) is 28.7 Å². The molecule has 0 aliphatic carbocycles. The molecule has 136 valence electrons. The lowest BCUT2D eigenvalue weighted by Crippen LogP contribution is -2.15. The summed E-state index contributed by atoms with van der Waals surface area (Å²) in [5.41, 5.74) is 1.22. The average Bonchev–Trinajstić information content (AvgIpc) is 2.70. The standard InChI is InChI=1S/C20H20O6/c1-22-17-9-5-13(19(23-2)20(17)24-3)4-7-15(21)14-6-8-16-18(12-14)26-11-10-25-16/h4-9,12H,10-11H2,1-3H3/b7-4+. The van der Waals surface area contributed by atoms with Crippen LogP contribution in [-0.4, -0.2) is 40.3 Å². The average molecular weight is 356 g/mol. The normalized spacial score (nSPS) is 12.7. The summed E-state index contributed by atoms with van der Waals surface area (Å²) in [6.45, 7) is 0.989. The third-order valence-electron chi connectivity index (χ3n) is 3.98. The number of carbonyl (C=O) groups is 1. The SMILES string of the molecule is COc1ccc(/C=C/C(=O)c2ccc3c(c2)OCCO3)c(OC)c1OC. The number of allylic oxidation sites excluding steroid dienone is 1. The van der Waals surface area contributed by atoms with E-state index in [9.17, 15) is 4.79 Å². The molecular formula is C20H20O6. The molecule has 2 aromatic rings. The monoisotopic (exact) mass is 356 g/mol. The molecule has 26 heavy (non-hydrogen) atoms. The summed E-state index contributed by atoms with van der Waals surface area (Å²) in [7, 11) is 4.63. The minimum Gasteiger partial charge on any atom is -0.493 e. The number of hydrogen-bond donors (Lipinski definition) is 0. The van der Waals surface area contributed by atoms with Crippen LogP contribution in [0.3, 0.4) is 0 Å². The number of ether oxygens (including phenoxy) is 5. The third-order valence-corrected chi connectivity index (χ3v) is 3.98. The molecule has 1 aliphatic rings. The number of rotatable bonds is 6. The van der Waals surface area contributed by atoms with Crippen molar-refractivity contribution in [1.29, 1.82) is 0 Å². The maximum atomic E-state index is 12.5. The predicted octanol–water partition coefficient (Wildman–Crippen LogP) is 3.38. The molecule has 0 spiro atoms. The molecule has 0 radical (unpaired) electrons. The summed E-state index contributed by atoms with van der Waals surface area (Å²) in [6.07, 6.45) is 3.16. The van der Waals surface area contributed by atoms with E-state index in [0.29, 0.717) is 53.1 Å². The minimum atomic E-state index is -0.154. The zero-order chi connectivity index (χ0) is 18.5. The molecular weight excluding hydrogens is 336 g/mol. The van der Waals surface area contributed by atoms with Crippen LogP contribution in [-0.2, 0) is 0 Å². The molecule has 0 aromatic heterocycles. The molecule has 0 saturated heterocycles. The van der Waals surface area contributed by atoms with Crippen LogP contribution in [0.25, 0.3) is 6.08 Å². The van der Waals surface area contributed by atoms with Gasteiger partial charge in [-0.05, 0) is 42.5 Å². The van der Waals surface area contributed by atoms with Crippen molar-refractivity contribution in [3.63, 3.8) is 0 Å². The van der Waals surface area contributed by atoms with Crippen molar-refractivity contribution in [2.45, 2.75) is 0 Å². The van der Waals surface area contributed by atoms with Crippen molar-refractivity contribution in [1.82, 2.24) is 0 Å². The van der Waals surface area contributed by atoms with E-state index in [2.05, 4.69) is 0 Å². The van der Waals surface area contributed by atoms with Gasteiger partial charge in [0.25, 0.3) is 0 Å². The second-order valence-corrected chi connectivity index (χ2v) is 5.48. The Bertz CT molecular complexity index is 840. The largest absolute Gasteiger partial charge is 0.493 e. The smallest absolute Gasteiger partial charge is 0.203 e. The summed E-state index contributed by atoms with van der Waals surface area (Å²) in [5, 5.41) is 0. The Balaban J connectivity index is 1.86. The Morgan fingerprint density at radius 2 is 1.65 bits per heavy atom. The summed E-state index contributed by atoms with van der Waals surface area (Å²) >= 11 is 0. The van der Waals surface area contributed by atoms with Crippen LogP contribution in [0.15, 0.2) is 36.4 Å².